The van der Waals surface area contributed by atoms with Gasteiger partial charge in [-0.2, -0.15) is 0 Å². The quantitative estimate of drug-likeness (QED) is 0.296. The Kier molecular flexibility index (Phi) is 10.9. The van der Waals surface area contributed by atoms with Gasteiger partial charge in [-0.15, -0.1) is 0 Å². The molecule has 36 heavy (non-hydrogen) atoms. The summed E-state index contributed by atoms with van der Waals surface area (Å²) in [4.78, 5) is 37.8. The van der Waals surface area contributed by atoms with E-state index in [1.54, 1.807) is 0 Å². The van der Waals surface area contributed by atoms with Crippen LogP contribution in [0.1, 0.15) is 112 Å². The molecule has 0 radical (unpaired) electrons. The van der Waals surface area contributed by atoms with Gasteiger partial charge in [-0.05, 0) is 99.7 Å². The lowest BCUT2D eigenvalue weighted by Crippen LogP contribution is -2.30. The Morgan fingerprint density at radius 1 is 1.00 bits per heavy atom. The van der Waals surface area contributed by atoms with E-state index in [4.69, 9.17) is 0 Å². The summed E-state index contributed by atoms with van der Waals surface area (Å²) in [6, 6.07) is 4.49. The lowest BCUT2D eigenvalue weighted by Gasteiger charge is -2.32. The van der Waals surface area contributed by atoms with Gasteiger partial charge in [-0.3, -0.25) is 14.4 Å². The van der Waals surface area contributed by atoms with Crippen LogP contribution >= 0.6 is 0 Å². The molecule has 1 aromatic carbocycles. The number of ketones is 3. The molecule has 3 heteroatoms. The molecule has 196 valence electrons. The zero-order chi connectivity index (χ0) is 26.1. The summed E-state index contributed by atoms with van der Waals surface area (Å²) in [6.07, 6.45) is 19.7. The molecule has 0 saturated heterocycles. The molecule has 2 aliphatic carbocycles. The van der Waals surface area contributed by atoms with Crippen LogP contribution in [0.25, 0.3) is 0 Å². The van der Waals surface area contributed by atoms with Crippen LogP contribution in [0.3, 0.4) is 0 Å². The molecule has 3 rings (SSSR count). The van der Waals surface area contributed by atoms with E-state index in [2.05, 4.69) is 57.2 Å². The van der Waals surface area contributed by atoms with Gasteiger partial charge in [-0.1, -0.05) is 63.1 Å². The van der Waals surface area contributed by atoms with Crippen molar-refractivity contribution in [2.45, 2.75) is 105 Å². The summed E-state index contributed by atoms with van der Waals surface area (Å²) in [5, 5.41) is 0. The molecule has 3 nitrogen and oxygen atoms in total. The van der Waals surface area contributed by atoms with Crippen molar-refractivity contribution >= 4 is 17.3 Å². The van der Waals surface area contributed by atoms with Gasteiger partial charge >= 0.3 is 0 Å². The number of benzene rings is 1. The first-order valence-corrected chi connectivity index (χ1v) is 14.3. The fourth-order valence-corrected chi connectivity index (χ4v) is 6.66. The minimum absolute atomic E-state index is 0.0424. The van der Waals surface area contributed by atoms with E-state index in [1.807, 2.05) is 0 Å². The minimum Gasteiger partial charge on any atom is -0.300 e. The van der Waals surface area contributed by atoms with Crippen molar-refractivity contribution in [1.29, 1.82) is 0 Å². The molecule has 0 saturated carbocycles. The van der Waals surface area contributed by atoms with Crippen molar-refractivity contribution < 1.29 is 14.4 Å². The average molecular weight is 491 g/mol. The van der Waals surface area contributed by atoms with E-state index < -0.39 is 0 Å². The topological polar surface area (TPSA) is 51.2 Å². The average Bonchev–Trinajstić information content (AvgIpc) is 2.95. The Hall–Kier alpha value is -2.29. The number of hydrogen-bond donors (Lipinski definition) is 0. The summed E-state index contributed by atoms with van der Waals surface area (Å²) in [6.45, 7) is 7.86. The molecule has 0 amide bonds. The van der Waals surface area contributed by atoms with Crippen molar-refractivity contribution in [3.8, 4) is 0 Å². The molecule has 1 aromatic rings. The first kappa shape index (κ1) is 28.3. The first-order valence-electron chi connectivity index (χ1n) is 14.3. The second kappa shape index (κ2) is 13.9. The molecule has 0 aromatic heterocycles. The fraction of sp³-hybridized carbons (Fsp3) is 0.606. The van der Waals surface area contributed by atoms with E-state index in [-0.39, 0.29) is 41.5 Å². The molecule has 3 atom stereocenters. The summed E-state index contributed by atoms with van der Waals surface area (Å²) in [7, 11) is 0. The summed E-state index contributed by atoms with van der Waals surface area (Å²) in [5.41, 5.74) is 4.69. The summed E-state index contributed by atoms with van der Waals surface area (Å²) >= 11 is 0. The normalized spacial score (nSPS) is 22.0. The van der Waals surface area contributed by atoms with E-state index >= 15 is 0 Å². The highest BCUT2D eigenvalue weighted by Crippen LogP contribution is 2.37. The van der Waals surface area contributed by atoms with Crippen LogP contribution in [-0.2, 0) is 22.4 Å². The van der Waals surface area contributed by atoms with Gasteiger partial charge in [0.15, 0.2) is 5.78 Å². The molecule has 0 fully saturated rings. The SMILES string of the molecule is CCCC(CC1CC(=O)c2c(ccc(CC3CC/C=C\C=C/CC3)c2C)C1)C(CC)C(=O)CC(C)=O. The van der Waals surface area contributed by atoms with Crippen LogP contribution < -0.4 is 0 Å². The standard InChI is InChI=1S/C33H46O3/c1-5-13-28(30(6-2)31(35)18-23(3)34)20-26-21-29-17-16-27(24(4)33(29)32(36)22-26)19-25-14-11-9-7-8-10-12-15-25/h7-10,16-17,25-26,28,30H,5-6,11-15,18-22H2,1-4H3/b9-7-,10-8-. The lowest BCUT2D eigenvalue weighted by atomic mass is 9.71. The van der Waals surface area contributed by atoms with Crippen LogP contribution in [0.4, 0.5) is 0 Å². The monoisotopic (exact) mass is 490 g/mol. The maximum atomic E-state index is 13.4. The second-order valence-corrected chi connectivity index (χ2v) is 11.3. The third kappa shape index (κ3) is 7.60. The zero-order valence-corrected chi connectivity index (χ0v) is 23.0. The van der Waals surface area contributed by atoms with Gasteiger partial charge in [0.25, 0.3) is 0 Å². The largest absolute Gasteiger partial charge is 0.300 e. The molecule has 0 N–H and O–H groups in total. The Morgan fingerprint density at radius 2 is 1.69 bits per heavy atom. The number of hydrogen-bond acceptors (Lipinski definition) is 3. The maximum Gasteiger partial charge on any atom is 0.163 e. The molecular formula is C33H46O3. The number of carbonyl (C=O) groups excluding carboxylic acids is 3. The predicted octanol–water partition coefficient (Wildman–Crippen LogP) is 7.97. The molecule has 0 heterocycles. The highest BCUT2D eigenvalue weighted by molar-refractivity contribution is 6.00. The highest BCUT2D eigenvalue weighted by Gasteiger charge is 2.33. The first-order chi connectivity index (χ1) is 17.3. The minimum atomic E-state index is -0.0767. The van der Waals surface area contributed by atoms with Gasteiger partial charge < -0.3 is 0 Å². The second-order valence-electron chi connectivity index (χ2n) is 11.3. The summed E-state index contributed by atoms with van der Waals surface area (Å²) < 4.78 is 0. The van der Waals surface area contributed by atoms with Crippen molar-refractivity contribution in [2.24, 2.45) is 23.7 Å². The van der Waals surface area contributed by atoms with E-state index in [9.17, 15) is 14.4 Å². The molecule has 0 spiro atoms. The van der Waals surface area contributed by atoms with Crippen molar-refractivity contribution in [3.63, 3.8) is 0 Å². The van der Waals surface area contributed by atoms with Crippen LogP contribution in [0.15, 0.2) is 36.4 Å². The third-order valence-corrected chi connectivity index (χ3v) is 8.44. The smallest absolute Gasteiger partial charge is 0.163 e. The number of carbonyl (C=O) groups is 3. The number of rotatable bonds is 11. The third-order valence-electron chi connectivity index (χ3n) is 8.44. The number of allylic oxidation sites excluding steroid dienone is 4. The molecular weight excluding hydrogens is 444 g/mol. The Balaban J connectivity index is 1.73. The van der Waals surface area contributed by atoms with E-state index in [0.717, 1.165) is 56.9 Å². The zero-order valence-electron chi connectivity index (χ0n) is 23.0. The van der Waals surface area contributed by atoms with Crippen LogP contribution in [-0.4, -0.2) is 17.3 Å². The van der Waals surface area contributed by atoms with Gasteiger partial charge in [0.2, 0.25) is 0 Å². The highest BCUT2D eigenvalue weighted by atomic mass is 16.1. The van der Waals surface area contributed by atoms with Crippen LogP contribution in [0.5, 0.6) is 0 Å². The molecule has 2 aliphatic rings. The molecule has 0 aliphatic heterocycles. The van der Waals surface area contributed by atoms with Crippen LogP contribution in [0.2, 0.25) is 0 Å². The summed E-state index contributed by atoms with van der Waals surface area (Å²) in [5.74, 6) is 1.41. The lowest BCUT2D eigenvalue weighted by molar-refractivity contribution is -0.129. The molecule has 3 unspecified atom stereocenters. The van der Waals surface area contributed by atoms with Crippen LogP contribution in [0, 0.1) is 30.6 Å². The Labute approximate surface area is 218 Å². The van der Waals surface area contributed by atoms with Gasteiger partial charge in [0, 0.05) is 17.9 Å². The number of Topliss-reactive ketones (excluding diaryl/α,β-unsaturated/α-hetero) is 3. The maximum absolute atomic E-state index is 13.4. The van der Waals surface area contributed by atoms with Crippen molar-refractivity contribution in [1.82, 2.24) is 0 Å². The van der Waals surface area contributed by atoms with E-state index in [0.29, 0.717) is 12.3 Å². The predicted molar refractivity (Wildman–Crippen MR) is 148 cm³/mol. The van der Waals surface area contributed by atoms with Gasteiger partial charge in [0.05, 0.1) is 6.42 Å². The fourth-order valence-electron chi connectivity index (χ4n) is 6.66. The molecule has 0 bridgehead atoms. The number of fused-ring (bicyclic) bond motifs is 1. The Morgan fingerprint density at radius 3 is 2.31 bits per heavy atom. The van der Waals surface area contributed by atoms with Gasteiger partial charge in [-0.25, -0.2) is 0 Å². The van der Waals surface area contributed by atoms with Crippen molar-refractivity contribution in [3.05, 3.63) is 58.7 Å². The van der Waals surface area contributed by atoms with Crippen molar-refractivity contribution in [2.75, 3.05) is 0 Å². The van der Waals surface area contributed by atoms with Gasteiger partial charge in [0.1, 0.15) is 11.6 Å². The van der Waals surface area contributed by atoms with E-state index in [1.165, 1.54) is 36.5 Å². The Bertz CT molecular complexity index is 967.